The lowest BCUT2D eigenvalue weighted by molar-refractivity contribution is -0.931. The SMILES string of the molecule is COCCn1nnnc1C[NH+](Cc1cc2ccc(C)c(C)c2[nH]c1=O)C[C@H]1CCCO1. The molecule has 3 heterocycles. The predicted molar refractivity (Wildman–Crippen MR) is 116 cm³/mol. The Labute approximate surface area is 181 Å². The number of benzene rings is 1. The van der Waals surface area contributed by atoms with Gasteiger partial charge in [0, 0.05) is 13.7 Å². The van der Waals surface area contributed by atoms with Crippen molar-refractivity contribution in [3.63, 3.8) is 0 Å². The molecule has 0 amide bonds. The third-order valence-corrected chi connectivity index (χ3v) is 6.13. The number of H-pyrrole nitrogens is 1. The highest BCUT2D eigenvalue weighted by molar-refractivity contribution is 5.83. The number of ether oxygens (including phenoxy) is 2. The topological polar surface area (TPSA) is 99.4 Å². The van der Waals surface area contributed by atoms with E-state index in [0.29, 0.717) is 26.2 Å². The number of methoxy groups -OCH3 is 1. The molecule has 0 radical (unpaired) electrons. The van der Waals surface area contributed by atoms with Gasteiger partial charge in [0.1, 0.15) is 25.7 Å². The monoisotopic (exact) mass is 427 g/mol. The molecule has 9 heteroatoms. The number of hydrogen-bond donors (Lipinski definition) is 2. The van der Waals surface area contributed by atoms with Crippen LogP contribution in [0, 0.1) is 13.8 Å². The molecule has 1 aliphatic rings. The van der Waals surface area contributed by atoms with E-state index in [1.54, 1.807) is 11.8 Å². The molecular formula is C22H31N6O3+. The maximum absolute atomic E-state index is 12.9. The summed E-state index contributed by atoms with van der Waals surface area (Å²) in [5.41, 5.74) is 3.93. The van der Waals surface area contributed by atoms with Crippen molar-refractivity contribution in [2.24, 2.45) is 0 Å². The Hall–Kier alpha value is -2.62. The Morgan fingerprint density at radius 1 is 1.32 bits per heavy atom. The number of hydrogen-bond acceptors (Lipinski definition) is 6. The highest BCUT2D eigenvalue weighted by atomic mass is 16.5. The van der Waals surface area contributed by atoms with Crippen molar-refractivity contribution < 1.29 is 14.4 Å². The van der Waals surface area contributed by atoms with Crippen molar-refractivity contribution >= 4 is 10.9 Å². The number of quaternary nitrogens is 1. The fourth-order valence-corrected chi connectivity index (χ4v) is 4.23. The van der Waals surface area contributed by atoms with Crippen LogP contribution < -0.4 is 10.5 Å². The lowest BCUT2D eigenvalue weighted by Crippen LogP contribution is -3.10. The summed E-state index contributed by atoms with van der Waals surface area (Å²) >= 11 is 0. The maximum atomic E-state index is 12.9. The van der Waals surface area contributed by atoms with E-state index in [-0.39, 0.29) is 11.7 Å². The molecule has 0 saturated carbocycles. The van der Waals surface area contributed by atoms with Crippen LogP contribution in [-0.4, -0.2) is 58.2 Å². The number of nitrogens with one attached hydrogen (secondary N) is 2. The van der Waals surface area contributed by atoms with Crippen LogP contribution in [0.1, 0.15) is 35.4 Å². The quantitative estimate of drug-likeness (QED) is 0.517. The fraction of sp³-hybridized carbons (Fsp3) is 0.545. The van der Waals surface area contributed by atoms with Gasteiger partial charge in [-0.15, -0.1) is 5.10 Å². The molecule has 2 aromatic heterocycles. The van der Waals surface area contributed by atoms with E-state index in [2.05, 4.69) is 39.6 Å². The Kier molecular flexibility index (Phi) is 6.74. The minimum absolute atomic E-state index is 0.0370. The van der Waals surface area contributed by atoms with Crippen molar-refractivity contribution in [1.82, 2.24) is 25.2 Å². The van der Waals surface area contributed by atoms with Gasteiger partial charge in [-0.2, -0.15) is 0 Å². The zero-order chi connectivity index (χ0) is 21.8. The number of aromatic amines is 1. The Morgan fingerprint density at radius 3 is 2.97 bits per heavy atom. The van der Waals surface area contributed by atoms with Crippen molar-refractivity contribution in [2.45, 2.75) is 52.4 Å². The van der Waals surface area contributed by atoms with Gasteiger partial charge in [0.15, 0.2) is 0 Å². The third-order valence-electron chi connectivity index (χ3n) is 6.13. The van der Waals surface area contributed by atoms with Gasteiger partial charge in [-0.1, -0.05) is 12.1 Å². The van der Waals surface area contributed by atoms with Gasteiger partial charge in [0.2, 0.25) is 5.82 Å². The van der Waals surface area contributed by atoms with Crippen LogP contribution in [0.5, 0.6) is 0 Å². The summed E-state index contributed by atoms with van der Waals surface area (Å²) in [6.07, 6.45) is 2.33. The molecule has 2 atom stereocenters. The summed E-state index contributed by atoms with van der Waals surface area (Å²) in [7, 11) is 1.66. The number of aromatic nitrogens is 5. The minimum atomic E-state index is -0.0370. The molecule has 0 bridgehead atoms. The summed E-state index contributed by atoms with van der Waals surface area (Å²) in [5, 5.41) is 13.2. The van der Waals surface area contributed by atoms with Gasteiger partial charge in [-0.05, 0) is 59.7 Å². The molecule has 0 spiro atoms. The van der Waals surface area contributed by atoms with Crippen LogP contribution in [0.2, 0.25) is 0 Å². The van der Waals surface area contributed by atoms with Gasteiger partial charge in [0.05, 0.1) is 24.2 Å². The molecule has 166 valence electrons. The smallest absolute Gasteiger partial charge is 0.257 e. The minimum Gasteiger partial charge on any atom is -0.383 e. The van der Waals surface area contributed by atoms with Gasteiger partial charge < -0.3 is 19.4 Å². The van der Waals surface area contributed by atoms with E-state index in [4.69, 9.17) is 9.47 Å². The molecule has 2 N–H and O–H groups in total. The first-order valence-electron chi connectivity index (χ1n) is 10.9. The molecule has 1 unspecified atom stereocenters. The van der Waals surface area contributed by atoms with Crippen molar-refractivity contribution in [2.75, 3.05) is 26.9 Å². The zero-order valence-electron chi connectivity index (χ0n) is 18.5. The highest BCUT2D eigenvalue weighted by Gasteiger charge is 2.25. The molecule has 31 heavy (non-hydrogen) atoms. The molecule has 0 aliphatic carbocycles. The summed E-state index contributed by atoms with van der Waals surface area (Å²) in [6.45, 7) is 8.05. The summed E-state index contributed by atoms with van der Waals surface area (Å²) in [4.78, 5) is 17.2. The second-order valence-corrected chi connectivity index (χ2v) is 8.35. The van der Waals surface area contributed by atoms with Crippen LogP contribution >= 0.6 is 0 Å². The van der Waals surface area contributed by atoms with Gasteiger partial charge in [-0.3, -0.25) is 4.79 Å². The largest absolute Gasteiger partial charge is 0.383 e. The zero-order valence-corrected chi connectivity index (χ0v) is 18.5. The van der Waals surface area contributed by atoms with Crippen molar-refractivity contribution in [3.05, 3.63) is 51.1 Å². The molecule has 4 rings (SSSR count). The van der Waals surface area contributed by atoms with Crippen LogP contribution in [0.25, 0.3) is 10.9 Å². The molecule has 1 aromatic carbocycles. The van der Waals surface area contributed by atoms with Crippen molar-refractivity contribution in [1.29, 1.82) is 0 Å². The average molecular weight is 428 g/mol. The van der Waals surface area contributed by atoms with E-state index in [1.165, 1.54) is 10.5 Å². The lowest BCUT2D eigenvalue weighted by Gasteiger charge is -2.22. The molecule has 9 nitrogen and oxygen atoms in total. The Bertz CT molecular complexity index is 1090. The molecule has 1 saturated heterocycles. The molecule has 1 aliphatic heterocycles. The second kappa shape index (κ2) is 9.67. The Balaban J connectivity index is 1.60. The number of aryl methyl sites for hydroxylation is 2. The Morgan fingerprint density at radius 2 is 2.19 bits per heavy atom. The van der Waals surface area contributed by atoms with Crippen LogP contribution in [0.3, 0.4) is 0 Å². The van der Waals surface area contributed by atoms with E-state index in [9.17, 15) is 4.79 Å². The van der Waals surface area contributed by atoms with Gasteiger partial charge in [-0.25, -0.2) is 4.68 Å². The number of rotatable bonds is 9. The van der Waals surface area contributed by atoms with Crippen LogP contribution in [0.4, 0.5) is 0 Å². The molecular weight excluding hydrogens is 396 g/mol. The molecule has 3 aromatic rings. The maximum Gasteiger partial charge on any atom is 0.257 e. The number of fused-ring (bicyclic) bond motifs is 1. The highest BCUT2D eigenvalue weighted by Crippen LogP contribution is 2.18. The third kappa shape index (κ3) is 5.00. The van der Waals surface area contributed by atoms with Crippen LogP contribution in [0.15, 0.2) is 23.0 Å². The number of pyridine rings is 1. The predicted octanol–water partition coefficient (Wildman–Crippen LogP) is 0.542. The van der Waals surface area contributed by atoms with E-state index < -0.39 is 0 Å². The van der Waals surface area contributed by atoms with E-state index in [1.807, 2.05) is 13.0 Å². The first-order chi connectivity index (χ1) is 15.0. The molecule has 1 fully saturated rings. The fourth-order valence-electron chi connectivity index (χ4n) is 4.23. The van der Waals surface area contributed by atoms with Gasteiger partial charge in [0.25, 0.3) is 5.56 Å². The first-order valence-corrected chi connectivity index (χ1v) is 10.9. The normalized spacial score (nSPS) is 17.5. The number of nitrogens with zero attached hydrogens (tertiary/aromatic N) is 4. The summed E-state index contributed by atoms with van der Waals surface area (Å²) in [6, 6.07) is 6.19. The van der Waals surface area contributed by atoms with Crippen LogP contribution in [-0.2, 0) is 29.1 Å². The first kappa shape index (κ1) is 21.6. The lowest BCUT2D eigenvalue weighted by atomic mass is 10.0. The average Bonchev–Trinajstić information content (AvgIpc) is 3.42. The van der Waals surface area contributed by atoms with E-state index in [0.717, 1.165) is 53.8 Å². The summed E-state index contributed by atoms with van der Waals surface area (Å²) in [5.74, 6) is 0.786. The second-order valence-electron chi connectivity index (χ2n) is 8.35. The number of tetrazole rings is 1. The van der Waals surface area contributed by atoms with E-state index >= 15 is 0 Å². The van der Waals surface area contributed by atoms with Crippen molar-refractivity contribution in [3.8, 4) is 0 Å². The summed E-state index contributed by atoms with van der Waals surface area (Å²) < 4.78 is 12.8. The standard InChI is InChI=1S/C22H30N6O3/c1-15-6-7-17-11-18(22(29)23-21(17)16(15)2)12-27(13-19-5-4-9-31-19)14-20-24-25-26-28(20)8-10-30-3/h6-7,11,19H,4-5,8-10,12-14H2,1-3H3,(H,23,29)/p+1/t19-/m1/s1. The van der Waals surface area contributed by atoms with Gasteiger partial charge >= 0.3 is 0 Å².